The molecule has 1 aliphatic heterocycles. The third-order valence-corrected chi connectivity index (χ3v) is 4.97. The number of hydrogen-bond donors (Lipinski definition) is 0. The third-order valence-electron chi connectivity index (χ3n) is 4.79. The Morgan fingerprint density at radius 1 is 0.931 bits per heavy atom. The average molecular weight is 552 g/mol. The second-order valence-corrected chi connectivity index (χ2v) is 6.90. The van der Waals surface area contributed by atoms with E-state index in [1.54, 1.807) is 4.90 Å². The zero-order valence-corrected chi connectivity index (χ0v) is 22.4. The van der Waals surface area contributed by atoms with Crippen molar-refractivity contribution in [1.82, 2.24) is 4.90 Å². The van der Waals surface area contributed by atoms with Gasteiger partial charge in [0.1, 0.15) is 11.9 Å². The number of nitrogens with zero attached hydrogens (tertiary/aromatic N) is 2. The van der Waals surface area contributed by atoms with Gasteiger partial charge in [-0.1, -0.05) is 60.2 Å². The van der Waals surface area contributed by atoms with E-state index in [1.165, 1.54) is 5.56 Å². The van der Waals surface area contributed by atoms with Crippen molar-refractivity contribution in [1.29, 1.82) is 0 Å². The van der Waals surface area contributed by atoms with Crippen LogP contribution in [0.1, 0.15) is 34.3 Å². The number of amides is 1. The Balaban J connectivity index is 0.00000150. The van der Waals surface area contributed by atoms with Crippen LogP contribution in [0.5, 0.6) is 0 Å². The van der Waals surface area contributed by atoms with Gasteiger partial charge in [0.15, 0.2) is 0 Å². The second kappa shape index (κ2) is 11.1. The van der Waals surface area contributed by atoms with Gasteiger partial charge in [0.2, 0.25) is 0 Å². The van der Waals surface area contributed by atoms with Crippen molar-refractivity contribution in [3.05, 3.63) is 107 Å². The number of benzene rings is 3. The fourth-order valence-corrected chi connectivity index (χ4v) is 3.66. The van der Waals surface area contributed by atoms with Crippen molar-refractivity contribution < 1.29 is 70.2 Å². The summed E-state index contributed by atoms with van der Waals surface area (Å²) in [6.07, 6.45) is 0. The first kappa shape index (κ1) is 24.6. The topological polar surface area (TPSA) is 32.7 Å². The van der Waals surface area contributed by atoms with E-state index in [2.05, 4.69) is 37.3 Å². The predicted octanol–water partition coefficient (Wildman–Crippen LogP) is 5.69. The summed E-state index contributed by atoms with van der Waals surface area (Å²) in [6, 6.07) is 28.1. The predicted molar refractivity (Wildman–Crippen MR) is 108 cm³/mol. The van der Waals surface area contributed by atoms with E-state index in [0.717, 1.165) is 16.7 Å². The van der Waals surface area contributed by atoms with Crippen molar-refractivity contribution in [2.24, 2.45) is 4.99 Å². The van der Waals surface area contributed by atoms with Crippen LogP contribution in [0.3, 0.4) is 0 Å². The molecule has 3 nitrogen and oxygen atoms in total. The molecule has 29 heavy (non-hydrogen) atoms. The molecule has 140 valence electrons. The van der Waals surface area contributed by atoms with Gasteiger partial charge in [0.25, 0.3) is 0 Å². The number of amidine groups is 1. The molecule has 0 bridgehead atoms. The molecule has 4 rings (SSSR count). The first-order valence-electron chi connectivity index (χ1n) is 8.79. The molecule has 0 unspecified atom stereocenters. The minimum Gasteiger partial charge on any atom is -0.275 e. The summed E-state index contributed by atoms with van der Waals surface area (Å²) in [6.45, 7) is 2.05. The maximum absolute atomic E-state index is 12.4. The van der Waals surface area contributed by atoms with Crippen LogP contribution >= 0.6 is 11.6 Å². The minimum atomic E-state index is -0.537. The summed E-state index contributed by atoms with van der Waals surface area (Å²) >= 11 is 6.05. The van der Waals surface area contributed by atoms with E-state index in [-0.39, 0.29) is 77.5 Å². The zero-order chi connectivity index (χ0) is 18.8. The van der Waals surface area contributed by atoms with Crippen LogP contribution in [0.25, 0.3) is 0 Å². The molecule has 0 saturated heterocycles. The largest absolute Gasteiger partial charge is 0.322 e. The standard InChI is InChI=1S/C23H18ClN2O.2Y/c1-16-12-14-17(15-13-16)20-21(18-8-4-2-5-9-18)26(23(24)27)22(25-20)19-10-6-3-7-11-19;;/h3-15,20-21H,1H3;;/q-1;;/t20-,21+;;/m0../s1. The Labute approximate surface area is 226 Å². The van der Waals surface area contributed by atoms with Crippen LogP contribution in [-0.2, 0) is 65.4 Å². The van der Waals surface area contributed by atoms with Crippen molar-refractivity contribution in [2.45, 2.75) is 19.0 Å². The molecule has 0 aromatic heterocycles. The van der Waals surface area contributed by atoms with Crippen LogP contribution in [0.15, 0.2) is 83.9 Å². The summed E-state index contributed by atoms with van der Waals surface area (Å²) in [5.74, 6) is 0.596. The maximum Gasteiger partial charge on any atom is 0.322 e. The number of aryl methyl sites for hydroxylation is 1. The van der Waals surface area contributed by atoms with Crippen LogP contribution in [0.2, 0.25) is 0 Å². The normalized spacial score (nSPS) is 17.7. The Hall–Kier alpha value is -0.702. The smallest absolute Gasteiger partial charge is 0.275 e. The molecule has 0 spiro atoms. The molecular weight excluding hydrogens is 534 g/mol. The van der Waals surface area contributed by atoms with Crippen LogP contribution in [-0.4, -0.2) is 16.1 Å². The maximum atomic E-state index is 12.4. The van der Waals surface area contributed by atoms with Gasteiger partial charge in [0, 0.05) is 71.0 Å². The molecule has 6 heteroatoms. The Bertz CT molecular complexity index is 979. The van der Waals surface area contributed by atoms with Crippen LogP contribution in [0.4, 0.5) is 4.79 Å². The number of aliphatic imine (C=N–C) groups is 1. The monoisotopic (exact) mass is 551 g/mol. The van der Waals surface area contributed by atoms with E-state index in [1.807, 2.05) is 54.6 Å². The summed E-state index contributed by atoms with van der Waals surface area (Å²) < 4.78 is 0. The summed E-state index contributed by atoms with van der Waals surface area (Å²) in [5, 5.41) is -0.537. The van der Waals surface area contributed by atoms with E-state index >= 15 is 0 Å². The zero-order valence-electron chi connectivity index (χ0n) is 16.0. The van der Waals surface area contributed by atoms with E-state index in [9.17, 15) is 4.79 Å². The van der Waals surface area contributed by atoms with Gasteiger partial charge in [-0.2, -0.15) is 30.3 Å². The van der Waals surface area contributed by atoms with Gasteiger partial charge in [-0.25, -0.2) is 0 Å². The molecular formula is C23H18ClN2OY2-. The molecule has 3 aromatic carbocycles. The molecule has 1 heterocycles. The van der Waals surface area contributed by atoms with E-state index in [0.29, 0.717) is 5.84 Å². The van der Waals surface area contributed by atoms with E-state index < -0.39 is 5.37 Å². The van der Waals surface area contributed by atoms with Gasteiger partial charge in [-0.3, -0.25) is 14.7 Å². The molecule has 0 saturated carbocycles. The SMILES string of the molecule is Cc1ccc([C@@H]2N=C(c3ccccc3)N(C(=O)Cl)[C@@H]2c2cc[c-]cc2)cc1.[Y].[Y]. The van der Waals surface area contributed by atoms with Crippen molar-refractivity contribution >= 4 is 22.8 Å². The molecule has 1 aliphatic rings. The molecule has 1 amide bonds. The van der Waals surface area contributed by atoms with Gasteiger partial charge < -0.3 is 0 Å². The van der Waals surface area contributed by atoms with E-state index in [4.69, 9.17) is 16.6 Å². The van der Waals surface area contributed by atoms with Gasteiger partial charge in [0.05, 0.1) is 6.04 Å². The minimum absolute atomic E-state index is 0. The number of rotatable bonds is 3. The fraction of sp³-hybridized carbons (Fsp3) is 0.130. The Kier molecular flexibility index (Phi) is 9.38. The number of carbonyl (C=O) groups is 1. The van der Waals surface area contributed by atoms with Gasteiger partial charge in [-0.15, -0.1) is 5.56 Å². The quantitative estimate of drug-likeness (QED) is 0.234. The molecule has 0 aliphatic carbocycles. The number of carbonyl (C=O) groups excluding carboxylic acids is 1. The summed E-state index contributed by atoms with van der Waals surface area (Å²) in [5.41, 5.74) is 4.07. The van der Waals surface area contributed by atoms with Gasteiger partial charge >= 0.3 is 5.37 Å². The molecule has 0 fully saturated rings. The first-order valence-corrected chi connectivity index (χ1v) is 9.17. The second-order valence-electron chi connectivity index (χ2n) is 6.58. The molecule has 2 radical (unpaired) electrons. The Morgan fingerprint density at radius 2 is 1.55 bits per heavy atom. The van der Waals surface area contributed by atoms with Gasteiger partial charge in [-0.05, 0) is 24.1 Å². The fourth-order valence-electron chi connectivity index (χ4n) is 3.48. The van der Waals surface area contributed by atoms with Crippen LogP contribution in [0, 0.1) is 13.0 Å². The number of halogens is 1. The number of hydrogen-bond acceptors (Lipinski definition) is 2. The molecule has 3 aromatic rings. The van der Waals surface area contributed by atoms with Crippen molar-refractivity contribution in [3.8, 4) is 0 Å². The third kappa shape index (κ3) is 5.32. The van der Waals surface area contributed by atoms with Crippen LogP contribution < -0.4 is 0 Å². The summed E-state index contributed by atoms with van der Waals surface area (Å²) in [4.78, 5) is 19.0. The van der Waals surface area contributed by atoms with Crippen molar-refractivity contribution in [2.75, 3.05) is 0 Å². The first-order chi connectivity index (χ1) is 13.1. The molecule has 0 N–H and O–H groups in total. The average Bonchev–Trinajstić information content (AvgIpc) is 3.11. The van der Waals surface area contributed by atoms with Crippen molar-refractivity contribution in [3.63, 3.8) is 0 Å². The summed E-state index contributed by atoms with van der Waals surface area (Å²) in [7, 11) is 0. The molecule has 2 atom stereocenters. The Morgan fingerprint density at radius 3 is 2.14 bits per heavy atom.